The van der Waals surface area contributed by atoms with E-state index in [9.17, 15) is 5.11 Å². The van der Waals surface area contributed by atoms with E-state index < -0.39 is 5.60 Å². The molecule has 2 aromatic rings. The van der Waals surface area contributed by atoms with Crippen molar-refractivity contribution >= 4 is 11.6 Å². The van der Waals surface area contributed by atoms with Crippen molar-refractivity contribution in [2.24, 2.45) is 0 Å². The predicted octanol–water partition coefficient (Wildman–Crippen LogP) is 2.75. The van der Waals surface area contributed by atoms with Crippen LogP contribution in [0, 0.1) is 0 Å². The van der Waals surface area contributed by atoms with E-state index in [0.717, 1.165) is 17.0 Å². The molecule has 5 nitrogen and oxygen atoms in total. The number of aromatic nitrogens is 2. The Kier molecular flexibility index (Phi) is 4.38. The molecule has 0 aliphatic carbocycles. The molecule has 1 aliphatic rings. The van der Waals surface area contributed by atoms with E-state index in [2.05, 4.69) is 5.10 Å². The quantitative estimate of drug-likeness (QED) is 0.940. The van der Waals surface area contributed by atoms with Crippen molar-refractivity contribution in [2.75, 3.05) is 20.3 Å². The Morgan fingerprint density at radius 3 is 2.86 bits per heavy atom. The molecular weight excluding hydrogens is 304 g/mol. The van der Waals surface area contributed by atoms with E-state index in [1.165, 1.54) is 0 Å². The van der Waals surface area contributed by atoms with E-state index in [1.54, 1.807) is 17.9 Å². The van der Waals surface area contributed by atoms with Gasteiger partial charge in [0, 0.05) is 42.8 Å². The number of ether oxygens (including phenoxy) is 2. The van der Waals surface area contributed by atoms with Crippen molar-refractivity contribution in [3.05, 3.63) is 35.5 Å². The van der Waals surface area contributed by atoms with Gasteiger partial charge in [-0.25, -0.2) is 0 Å². The maximum Gasteiger partial charge on any atom is 0.128 e. The highest BCUT2D eigenvalue weighted by Gasteiger charge is 2.30. The molecule has 6 heteroatoms. The van der Waals surface area contributed by atoms with Gasteiger partial charge in [-0.05, 0) is 24.3 Å². The second-order valence-corrected chi connectivity index (χ2v) is 6.02. The third-order valence-corrected chi connectivity index (χ3v) is 4.19. The molecule has 3 rings (SSSR count). The zero-order chi connectivity index (χ0) is 15.6. The normalized spacial score (nSPS) is 17.4. The van der Waals surface area contributed by atoms with Gasteiger partial charge in [0.05, 0.1) is 24.9 Å². The maximum atomic E-state index is 10.6. The van der Waals surface area contributed by atoms with E-state index in [0.29, 0.717) is 37.6 Å². The topological polar surface area (TPSA) is 56.5 Å². The number of methoxy groups -OCH3 is 1. The molecule has 2 heterocycles. The maximum absolute atomic E-state index is 10.6. The van der Waals surface area contributed by atoms with E-state index >= 15 is 0 Å². The molecule has 1 aromatic heterocycles. The van der Waals surface area contributed by atoms with Gasteiger partial charge >= 0.3 is 0 Å². The van der Waals surface area contributed by atoms with Crippen LogP contribution in [0.25, 0.3) is 11.3 Å². The summed E-state index contributed by atoms with van der Waals surface area (Å²) < 4.78 is 12.4. The summed E-state index contributed by atoms with van der Waals surface area (Å²) in [6, 6.07) is 7.33. The van der Waals surface area contributed by atoms with Crippen LogP contribution < -0.4 is 4.74 Å². The fourth-order valence-electron chi connectivity index (χ4n) is 2.68. The summed E-state index contributed by atoms with van der Waals surface area (Å²) in [4.78, 5) is 0. The predicted molar refractivity (Wildman–Crippen MR) is 84.2 cm³/mol. The van der Waals surface area contributed by atoms with Crippen LogP contribution in [0.1, 0.15) is 12.8 Å². The third-order valence-electron chi connectivity index (χ3n) is 3.96. The fourth-order valence-corrected chi connectivity index (χ4v) is 2.86. The highest BCUT2D eigenvalue weighted by atomic mass is 35.5. The van der Waals surface area contributed by atoms with Crippen molar-refractivity contribution in [3.63, 3.8) is 0 Å². The molecular formula is C16H19ClN2O3. The molecule has 0 bridgehead atoms. The van der Waals surface area contributed by atoms with Crippen LogP contribution in [-0.4, -0.2) is 40.8 Å². The summed E-state index contributed by atoms with van der Waals surface area (Å²) in [5.74, 6) is 0.722. The Labute approximate surface area is 134 Å². The van der Waals surface area contributed by atoms with Gasteiger partial charge in [0.2, 0.25) is 0 Å². The van der Waals surface area contributed by atoms with Crippen LogP contribution in [0.15, 0.2) is 30.5 Å². The van der Waals surface area contributed by atoms with Crippen LogP contribution in [-0.2, 0) is 11.3 Å². The summed E-state index contributed by atoms with van der Waals surface area (Å²) in [6.07, 6.45) is 3.12. The number of aliphatic hydroxyl groups is 1. The standard InChI is InChI=1S/C16H19ClN2O3/c1-21-15-3-2-12(17)10-13(15)14-4-7-19(18-14)11-16(20)5-8-22-9-6-16/h2-4,7,10,20H,5-6,8-9,11H2,1H3. The molecule has 0 saturated carbocycles. The van der Waals surface area contributed by atoms with Gasteiger partial charge < -0.3 is 14.6 Å². The first-order valence-corrected chi connectivity index (χ1v) is 7.65. The van der Waals surface area contributed by atoms with Crippen molar-refractivity contribution in [3.8, 4) is 17.0 Å². The van der Waals surface area contributed by atoms with E-state index in [4.69, 9.17) is 21.1 Å². The Hall–Kier alpha value is -1.56. The Morgan fingerprint density at radius 1 is 1.36 bits per heavy atom. The molecule has 0 amide bonds. The average Bonchev–Trinajstić information content (AvgIpc) is 2.95. The van der Waals surface area contributed by atoms with Gasteiger partial charge in [-0.15, -0.1) is 0 Å². The van der Waals surface area contributed by atoms with Crippen molar-refractivity contribution in [2.45, 2.75) is 25.0 Å². The first kappa shape index (κ1) is 15.3. The van der Waals surface area contributed by atoms with Gasteiger partial charge in [0.1, 0.15) is 5.75 Å². The highest BCUT2D eigenvalue weighted by molar-refractivity contribution is 6.30. The molecule has 22 heavy (non-hydrogen) atoms. The van der Waals surface area contributed by atoms with Gasteiger partial charge in [-0.1, -0.05) is 11.6 Å². The summed E-state index contributed by atoms with van der Waals surface area (Å²) in [6.45, 7) is 1.64. The largest absolute Gasteiger partial charge is 0.496 e. The third kappa shape index (κ3) is 3.27. The Bertz CT molecular complexity index is 651. The van der Waals surface area contributed by atoms with E-state index in [1.807, 2.05) is 24.4 Å². The summed E-state index contributed by atoms with van der Waals surface area (Å²) in [5, 5.41) is 15.7. The van der Waals surface area contributed by atoms with Gasteiger partial charge in [0.25, 0.3) is 0 Å². The first-order chi connectivity index (χ1) is 10.6. The van der Waals surface area contributed by atoms with Crippen LogP contribution in [0.2, 0.25) is 5.02 Å². The molecule has 0 radical (unpaired) electrons. The van der Waals surface area contributed by atoms with Crippen LogP contribution in [0.5, 0.6) is 5.75 Å². The zero-order valence-corrected chi connectivity index (χ0v) is 13.2. The number of nitrogens with zero attached hydrogens (tertiary/aromatic N) is 2. The molecule has 1 N–H and O–H groups in total. The van der Waals surface area contributed by atoms with Crippen molar-refractivity contribution in [1.82, 2.24) is 9.78 Å². The smallest absolute Gasteiger partial charge is 0.128 e. The minimum Gasteiger partial charge on any atom is -0.496 e. The summed E-state index contributed by atoms with van der Waals surface area (Å²) >= 11 is 6.06. The number of benzene rings is 1. The summed E-state index contributed by atoms with van der Waals surface area (Å²) in [7, 11) is 1.62. The van der Waals surface area contributed by atoms with Gasteiger partial charge in [0.15, 0.2) is 0 Å². The Morgan fingerprint density at radius 2 is 2.14 bits per heavy atom. The molecule has 0 unspecified atom stereocenters. The van der Waals surface area contributed by atoms with Crippen LogP contribution in [0.3, 0.4) is 0 Å². The Balaban J connectivity index is 1.83. The van der Waals surface area contributed by atoms with E-state index in [-0.39, 0.29) is 0 Å². The number of halogens is 1. The molecule has 0 atom stereocenters. The summed E-state index contributed by atoms with van der Waals surface area (Å²) in [5.41, 5.74) is 0.864. The monoisotopic (exact) mass is 322 g/mol. The van der Waals surface area contributed by atoms with Crippen molar-refractivity contribution in [1.29, 1.82) is 0 Å². The second kappa shape index (κ2) is 6.28. The second-order valence-electron chi connectivity index (χ2n) is 5.58. The molecule has 1 fully saturated rings. The SMILES string of the molecule is COc1ccc(Cl)cc1-c1ccn(CC2(O)CCOCC2)n1. The lowest BCUT2D eigenvalue weighted by Crippen LogP contribution is -2.40. The van der Waals surface area contributed by atoms with Gasteiger partial charge in [-0.3, -0.25) is 4.68 Å². The molecule has 1 aromatic carbocycles. The van der Waals surface area contributed by atoms with Crippen LogP contribution >= 0.6 is 11.6 Å². The highest BCUT2D eigenvalue weighted by Crippen LogP contribution is 2.31. The fraction of sp³-hybridized carbons (Fsp3) is 0.438. The number of hydrogen-bond acceptors (Lipinski definition) is 4. The first-order valence-electron chi connectivity index (χ1n) is 7.27. The molecule has 1 aliphatic heterocycles. The van der Waals surface area contributed by atoms with Gasteiger partial charge in [-0.2, -0.15) is 5.10 Å². The zero-order valence-electron chi connectivity index (χ0n) is 12.5. The van der Waals surface area contributed by atoms with Crippen LogP contribution in [0.4, 0.5) is 0 Å². The lowest BCUT2D eigenvalue weighted by atomic mass is 9.95. The lowest BCUT2D eigenvalue weighted by Gasteiger charge is -2.31. The molecule has 0 spiro atoms. The lowest BCUT2D eigenvalue weighted by molar-refractivity contribution is -0.0744. The number of rotatable bonds is 4. The minimum absolute atomic E-state index is 0.458. The van der Waals surface area contributed by atoms with Crippen molar-refractivity contribution < 1.29 is 14.6 Å². The average molecular weight is 323 g/mol. The molecule has 1 saturated heterocycles. The minimum atomic E-state index is -0.750. The number of hydrogen-bond donors (Lipinski definition) is 1. The molecule has 118 valence electrons.